The lowest BCUT2D eigenvalue weighted by Crippen LogP contribution is -2.53. The number of morpholine rings is 1. The van der Waals surface area contributed by atoms with E-state index in [0.29, 0.717) is 19.8 Å². The molecule has 0 spiro atoms. The van der Waals surface area contributed by atoms with Crippen molar-refractivity contribution in [3.63, 3.8) is 0 Å². The highest BCUT2D eigenvalue weighted by atomic mass is 31.2. The van der Waals surface area contributed by atoms with Crippen molar-refractivity contribution in [3.05, 3.63) is 11.6 Å². The molecular formula is C27H52NO6P. The van der Waals surface area contributed by atoms with Gasteiger partial charge in [-0.25, -0.2) is 0 Å². The largest absolute Gasteiger partial charge is 0.756 e. The van der Waals surface area contributed by atoms with Gasteiger partial charge in [-0.05, 0) is 38.5 Å². The van der Waals surface area contributed by atoms with E-state index in [1.807, 2.05) is 0 Å². The summed E-state index contributed by atoms with van der Waals surface area (Å²) < 4.78 is 34.0. The van der Waals surface area contributed by atoms with Gasteiger partial charge >= 0.3 is 0 Å². The molecule has 1 saturated heterocycles. The topological polar surface area (TPSA) is 77.1 Å². The maximum absolute atomic E-state index is 12.0. The Hall–Kier alpha value is -0.270. The molecule has 1 aliphatic carbocycles. The first kappa shape index (κ1) is 31.0. The maximum Gasteiger partial charge on any atom is 0.268 e. The number of rotatable bonds is 19. The van der Waals surface area contributed by atoms with Crippen LogP contribution in [0.3, 0.4) is 0 Å². The Morgan fingerprint density at radius 2 is 1.54 bits per heavy atom. The summed E-state index contributed by atoms with van der Waals surface area (Å²) in [4.78, 5) is 12.0. The molecular weight excluding hydrogens is 465 g/mol. The smallest absolute Gasteiger partial charge is 0.268 e. The summed E-state index contributed by atoms with van der Waals surface area (Å²) in [6, 6.07) is 0. The lowest BCUT2D eigenvalue weighted by atomic mass is 9.91. The molecule has 0 aromatic rings. The van der Waals surface area contributed by atoms with Gasteiger partial charge in [-0.1, -0.05) is 69.9 Å². The summed E-state index contributed by atoms with van der Waals surface area (Å²) in [5, 5.41) is 0. The van der Waals surface area contributed by atoms with Crippen LogP contribution in [0.1, 0.15) is 96.8 Å². The highest BCUT2D eigenvalue weighted by Gasteiger charge is 2.25. The van der Waals surface area contributed by atoms with Crippen LogP contribution in [0, 0.1) is 0 Å². The van der Waals surface area contributed by atoms with Crippen LogP contribution < -0.4 is 4.89 Å². The molecule has 0 aromatic heterocycles. The Balaban J connectivity index is 1.44. The Bertz CT molecular complexity index is 613. The molecule has 2 fully saturated rings. The average Bonchev–Trinajstić information content (AvgIpc) is 2.84. The van der Waals surface area contributed by atoms with E-state index in [1.165, 1.54) is 64.2 Å². The summed E-state index contributed by atoms with van der Waals surface area (Å²) in [6.45, 7) is 6.49. The van der Waals surface area contributed by atoms with E-state index in [-0.39, 0.29) is 25.9 Å². The fraction of sp³-hybridized carbons (Fsp3) is 0.926. The van der Waals surface area contributed by atoms with Gasteiger partial charge in [0.15, 0.2) is 0 Å². The van der Waals surface area contributed by atoms with Gasteiger partial charge in [-0.15, -0.1) is 0 Å². The number of likely N-dealkylation sites (N-methyl/N-ethyl adjacent to an activating group) is 1. The quantitative estimate of drug-likeness (QED) is 0.0937. The molecule has 206 valence electrons. The van der Waals surface area contributed by atoms with Crippen LogP contribution in [0.15, 0.2) is 11.6 Å². The molecule has 1 unspecified atom stereocenters. The van der Waals surface area contributed by atoms with Gasteiger partial charge < -0.3 is 27.9 Å². The van der Waals surface area contributed by atoms with Crippen LogP contribution in [0.2, 0.25) is 0 Å². The number of hydrogen-bond acceptors (Lipinski definition) is 6. The predicted octanol–water partition coefficient (Wildman–Crippen LogP) is 5.77. The first-order chi connectivity index (χ1) is 16.9. The van der Waals surface area contributed by atoms with Crippen molar-refractivity contribution in [1.82, 2.24) is 0 Å². The number of ether oxygens (including phenoxy) is 2. The lowest BCUT2D eigenvalue weighted by molar-refractivity contribution is -0.916. The first-order valence-electron chi connectivity index (χ1n) is 14.2. The van der Waals surface area contributed by atoms with Crippen LogP contribution in [-0.4, -0.2) is 70.3 Å². The summed E-state index contributed by atoms with van der Waals surface area (Å²) in [5.41, 5.74) is 1.56. The van der Waals surface area contributed by atoms with E-state index < -0.39 is 7.82 Å². The van der Waals surface area contributed by atoms with E-state index in [2.05, 4.69) is 20.0 Å². The van der Waals surface area contributed by atoms with Crippen LogP contribution in [0.5, 0.6) is 0 Å². The van der Waals surface area contributed by atoms with Crippen LogP contribution >= 0.6 is 7.82 Å². The molecule has 0 N–H and O–H groups in total. The van der Waals surface area contributed by atoms with Crippen molar-refractivity contribution in [2.75, 3.05) is 59.7 Å². The van der Waals surface area contributed by atoms with E-state index in [4.69, 9.17) is 18.5 Å². The monoisotopic (exact) mass is 517 g/mol. The highest BCUT2D eigenvalue weighted by molar-refractivity contribution is 7.45. The second-order valence-corrected chi connectivity index (χ2v) is 12.0. The van der Waals surface area contributed by atoms with Gasteiger partial charge in [0, 0.05) is 0 Å². The molecule has 2 aliphatic rings. The molecule has 0 amide bonds. The van der Waals surface area contributed by atoms with Gasteiger partial charge in [0.1, 0.15) is 26.2 Å². The van der Waals surface area contributed by atoms with Crippen molar-refractivity contribution >= 4 is 7.82 Å². The van der Waals surface area contributed by atoms with Crippen molar-refractivity contribution in [2.45, 2.75) is 103 Å². The Labute approximate surface area is 214 Å². The van der Waals surface area contributed by atoms with Crippen molar-refractivity contribution in [2.24, 2.45) is 0 Å². The molecule has 0 aromatic carbocycles. The molecule has 1 atom stereocenters. The van der Waals surface area contributed by atoms with Crippen molar-refractivity contribution in [1.29, 1.82) is 0 Å². The Morgan fingerprint density at radius 3 is 2.20 bits per heavy atom. The molecule has 8 heteroatoms. The van der Waals surface area contributed by atoms with Gasteiger partial charge in [0.25, 0.3) is 7.82 Å². The standard InChI is InChI=1S/C27H52NO6P/c1-3-4-5-6-7-8-9-10-11-12-13-26-14-16-27(17-15-26)32-24-25-34-35(29,30)33-23-20-28(2)18-21-31-22-19-28/h13,27H,3-12,14-25H2,1-2H3. The van der Waals surface area contributed by atoms with E-state index >= 15 is 0 Å². The third-order valence-corrected chi connectivity index (χ3v) is 8.43. The number of phosphoric acid groups is 1. The second kappa shape index (κ2) is 18.1. The number of allylic oxidation sites excluding steroid dienone is 2. The zero-order valence-electron chi connectivity index (χ0n) is 22.6. The number of hydrogen-bond donors (Lipinski definition) is 0. The zero-order chi connectivity index (χ0) is 25.2. The van der Waals surface area contributed by atoms with E-state index in [1.54, 1.807) is 5.57 Å². The molecule has 1 aliphatic heterocycles. The maximum atomic E-state index is 12.0. The zero-order valence-corrected chi connectivity index (χ0v) is 23.4. The molecule has 35 heavy (non-hydrogen) atoms. The third-order valence-electron chi connectivity index (χ3n) is 7.43. The van der Waals surface area contributed by atoms with Crippen molar-refractivity contribution < 1.29 is 32.5 Å². The molecule has 2 rings (SSSR count). The number of phosphoric ester groups is 1. The van der Waals surface area contributed by atoms with Gasteiger partial charge in [-0.2, -0.15) is 0 Å². The molecule has 0 bridgehead atoms. The first-order valence-corrected chi connectivity index (χ1v) is 15.7. The molecule has 1 heterocycles. The lowest BCUT2D eigenvalue weighted by Gasteiger charge is -2.37. The second-order valence-electron chi connectivity index (χ2n) is 10.6. The molecule has 0 radical (unpaired) electrons. The third kappa shape index (κ3) is 14.9. The number of quaternary nitrogens is 1. The van der Waals surface area contributed by atoms with Gasteiger partial charge in [0.05, 0.1) is 39.6 Å². The molecule has 1 saturated carbocycles. The minimum Gasteiger partial charge on any atom is -0.756 e. The van der Waals surface area contributed by atoms with E-state index in [9.17, 15) is 9.46 Å². The number of nitrogens with zero attached hydrogens (tertiary/aromatic N) is 1. The highest BCUT2D eigenvalue weighted by Crippen LogP contribution is 2.38. The summed E-state index contributed by atoms with van der Waals surface area (Å²) in [6.07, 6.45) is 20.4. The van der Waals surface area contributed by atoms with Crippen LogP contribution in [0.4, 0.5) is 0 Å². The normalized spacial score (nSPS) is 22.1. The Kier molecular flexibility index (Phi) is 16.0. The minimum atomic E-state index is -4.28. The van der Waals surface area contributed by atoms with Crippen LogP contribution in [0.25, 0.3) is 0 Å². The van der Waals surface area contributed by atoms with Gasteiger partial charge in [-0.3, -0.25) is 4.57 Å². The number of unbranched alkanes of at least 4 members (excludes halogenated alkanes) is 9. The summed E-state index contributed by atoms with van der Waals surface area (Å²) in [7, 11) is -2.18. The summed E-state index contributed by atoms with van der Waals surface area (Å²) in [5.74, 6) is 0. The minimum absolute atomic E-state index is 0.0124. The SMILES string of the molecule is CCCCCCCCCCCC=C1CCC(OCCOP(=O)([O-])OCC[N+]2(C)CCOCC2)CC1. The Morgan fingerprint density at radius 1 is 0.943 bits per heavy atom. The van der Waals surface area contributed by atoms with Crippen LogP contribution in [-0.2, 0) is 23.1 Å². The predicted molar refractivity (Wildman–Crippen MR) is 139 cm³/mol. The van der Waals surface area contributed by atoms with Gasteiger partial charge in [0.2, 0.25) is 0 Å². The fourth-order valence-corrected chi connectivity index (χ4v) is 5.55. The fourth-order valence-electron chi connectivity index (χ4n) is 4.88. The summed E-state index contributed by atoms with van der Waals surface area (Å²) >= 11 is 0. The van der Waals surface area contributed by atoms with Crippen molar-refractivity contribution in [3.8, 4) is 0 Å². The van der Waals surface area contributed by atoms with E-state index in [0.717, 1.165) is 43.3 Å². The average molecular weight is 518 g/mol. The molecule has 7 nitrogen and oxygen atoms in total.